The third-order valence-electron chi connectivity index (χ3n) is 4.13. The number of amides is 2. The predicted octanol–water partition coefficient (Wildman–Crippen LogP) is 1.18. The van der Waals surface area contributed by atoms with Crippen molar-refractivity contribution < 1.29 is 14.7 Å². The lowest BCUT2D eigenvalue weighted by Crippen LogP contribution is -2.53. The minimum Gasteiger partial charge on any atom is -0.396 e. The highest BCUT2D eigenvalue weighted by Gasteiger charge is 2.47. The van der Waals surface area contributed by atoms with Crippen molar-refractivity contribution >= 4 is 11.8 Å². The number of carbonyl (C=O) groups excluding carboxylic acids is 2. The number of aliphatic hydroxyl groups excluding tert-OH is 1. The molecule has 1 saturated heterocycles. The lowest BCUT2D eigenvalue weighted by molar-refractivity contribution is -0.157. The normalized spacial score (nSPS) is 30.2. The van der Waals surface area contributed by atoms with Crippen molar-refractivity contribution in [1.29, 1.82) is 0 Å². The number of aliphatic hydroxyl groups is 1. The van der Waals surface area contributed by atoms with E-state index in [9.17, 15) is 9.59 Å². The van der Waals surface area contributed by atoms with Gasteiger partial charge in [0.25, 0.3) is 0 Å². The maximum Gasteiger partial charge on any atom is 0.232 e. The Morgan fingerprint density at radius 1 is 1.24 bits per heavy atom. The summed E-state index contributed by atoms with van der Waals surface area (Å²) in [5, 5.41) is 9.09. The molecule has 4 heteroatoms. The van der Waals surface area contributed by atoms with Crippen molar-refractivity contribution in [1.82, 2.24) is 4.90 Å². The number of fused-ring (bicyclic) bond motifs is 2. The Morgan fingerprint density at radius 3 is 2.18 bits per heavy atom. The van der Waals surface area contributed by atoms with Crippen LogP contribution in [0.2, 0.25) is 0 Å². The maximum absolute atomic E-state index is 12.2. The second kappa shape index (κ2) is 4.77. The summed E-state index contributed by atoms with van der Waals surface area (Å²) in [4.78, 5) is 25.9. The van der Waals surface area contributed by atoms with Crippen molar-refractivity contribution in [3.05, 3.63) is 0 Å². The largest absolute Gasteiger partial charge is 0.396 e. The van der Waals surface area contributed by atoms with E-state index in [1.807, 2.05) is 13.8 Å². The van der Waals surface area contributed by atoms with Crippen LogP contribution in [0.25, 0.3) is 0 Å². The van der Waals surface area contributed by atoms with Gasteiger partial charge < -0.3 is 5.11 Å². The Kier molecular flexibility index (Phi) is 3.52. The maximum atomic E-state index is 12.2. The number of hydrogen-bond donors (Lipinski definition) is 1. The van der Waals surface area contributed by atoms with Crippen LogP contribution in [0.3, 0.4) is 0 Å². The molecule has 2 aliphatic rings. The molecule has 0 spiro atoms. The fourth-order valence-electron chi connectivity index (χ4n) is 3.15. The molecule has 0 radical (unpaired) electrons. The van der Waals surface area contributed by atoms with Gasteiger partial charge in [-0.2, -0.15) is 0 Å². The topological polar surface area (TPSA) is 57.6 Å². The molecule has 0 aromatic heterocycles. The molecule has 0 aromatic carbocycles. The van der Waals surface area contributed by atoms with Crippen molar-refractivity contribution in [2.75, 3.05) is 6.61 Å². The summed E-state index contributed by atoms with van der Waals surface area (Å²) >= 11 is 0. The van der Waals surface area contributed by atoms with Crippen LogP contribution in [-0.2, 0) is 9.59 Å². The first-order valence-corrected chi connectivity index (χ1v) is 6.54. The van der Waals surface area contributed by atoms with Gasteiger partial charge in [-0.1, -0.05) is 13.8 Å². The van der Waals surface area contributed by atoms with E-state index < -0.39 is 0 Å². The molecule has 2 bridgehead atoms. The van der Waals surface area contributed by atoms with Gasteiger partial charge in [0.1, 0.15) is 0 Å². The van der Waals surface area contributed by atoms with Crippen LogP contribution >= 0.6 is 0 Å². The Labute approximate surface area is 102 Å². The van der Waals surface area contributed by atoms with E-state index in [2.05, 4.69) is 0 Å². The van der Waals surface area contributed by atoms with Crippen molar-refractivity contribution in [3.8, 4) is 0 Å². The zero-order chi connectivity index (χ0) is 12.6. The second-order valence-corrected chi connectivity index (χ2v) is 5.58. The molecule has 96 valence electrons. The van der Waals surface area contributed by atoms with Crippen LogP contribution in [0.5, 0.6) is 0 Å². The Hall–Kier alpha value is -0.900. The molecule has 1 heterocycles. The molecular weight excluding hydrogens is 218 g/mol. The lowest BCUT2D eigenvalue weighted by Gasteiger charge is -2.37. The van der Waals surface area contributed by atoms with E-state index in [1.54, 1.807) is 0 Å². The van der Waals surface area contributed by atoms with Crippen molar-refractivity contribution in [3.63, 3.8) is 0 Å². The number of imide groups is 1. The second-order valence-electron chi connectivity index (χ2n) is 5.58. The zero-order valence-electron chi connectivity index (χ0n) is 10.6. The standard InChI is InChI=1S/C13H21NO3/c1-8(2)11(5-6-15)14-12(16)9-3-4-10(7-9)13(14)17/h8-11,15H,3-7H2,1-2H3. The van der Waals surface area contributed by atoms with Gasteiger partial charge >= 0.3 is 0 Å². The SMILES string of the molecule is CC(C)C(CCO)N1C(=O)C2CCC(C2)C1=O. The Bertz CT molecular complexity index is 305. The van der Waals surface area contributed by atoms with Crippen LogP contribution in [0, 0.1) is 17.8 Å². The van der Waals surface area contributed by atoms with Gasteiger partial charge in [0, 0.05) is 24.5 Å². The molecule has 2 amide bonds. The van der Waals surface area contributed by atoms with E-state index in [4.69, 9.17) is 5.11 Å². The van der Waals surface area contributed by atoms with Crippen molar-refractivity contribution in [2.45, 2.75) is 45.6 Å². The number of hydrogen-bond acceptors (Lipinski definition) is 3. The number of likely N-dealkylation sites (tertiary alicyclic amines) is 1. The minimum atomic E-state index is -0.136. The summed E-state index contributed by atoms with van der Waals surface area (Å²) in [6.45, 7) is 4.02. The highest BCUT2D eigenvalue weighted by molar-refractivity contribution is 6.01. The molecule has 2 rings (SSSR count). The van der Waals surface area contributed by atoms with Crippen LogP contribution in [-0.4, -0.2) is 34.5 Å². The fourth-order valence-corrected chi connectivity index (χ4v) is 3.15. The third-order valence-corrected chi connectivity index (χ3v) is 4.13. The Morgan fingerprint density at radius 2 is 1.76 bits per heavy atom. The van der Waals surface area contributed by atoms with Gasteiger partial charge in [0.05, 0.1) is 0 Å². The van der Waals surface area contributed by atoms with Gasteiger partial charge in [-0.15, -0.1) is 0 Å². The molecule has 4 nitrogen and oxygen atoms in total. The first kappa shape index (κ1) is 12.6. The van der Waals surface area contributed by atoms with Gasteiger partial charge in [-0.05, 0) is 31.6 Å². The fraction of sp³-hybridized carbons (Fsp3) is 0.846. The molecule has 3 atom stereocenters. The first-order chi connectivity index (χ1) is 8.06. The molecule has 1 N–H and O–H groups in total. The van der Waals surface area contributed by atoms with Crippen molar-refractivity contribution in [2.24, 2.45) is 17.8 Å². The van der Waals surface area contributed by atoms with Gasteiger partial charge in [0.2, 0.25) is 11.8 Å². The van der Waals surface area contributed by atoms with E-state index in [1.165, 1.54) is 4.90 Å². The summed E-state index contributed by atoms with van der Waals surface area (Å²) < 4.78 is 0. The molecule has 2 fully saturated rings. The quantitative estimate of drug-likeness (QED) is 0.749. The molecule has 1 aliphatic carbocycles. The van der Waals surface area contributed by atoms with Crippen LogP contribution < -0.4 is 0 Å². The predicted molar refractivity (Wildman–Crippen MR) is 63.0 cm³/mol. The molecule has 1 saturated carbocycles. The molecular formula is C13H21NO3. The van der Waals surface area contributed by atoms with Crippen LogP contribution in [0.1, 0.15) is 39.5 Å². The van der Waals surface area contributed by atoms with Gasteiger partial charge in [-0.3, -0.25) is 14.5 Å². The highest BCUT2D eigenvalue weighted by Crippen LogP contribution is 2.39. The number of carbonyl (C=O) groups is 2. The highest BCUT2D eigenvalue weighted by atomic mass is 16.3. The average molecular weight is 239 g/mol. The lowest BCUT2D eigenvalue weighted by atomic mass is 9.91. The summed E-state index contributed by atoms with van der Waals surface area (Å²) in [5.41, 5.74) is 0. The van der Waals surface area contributed by atoms with Crippen LogP contribution in [0.4, 0.5) is 0 Å². The van der Waals surface area contributed by atoms with Crippen LogP contribution in [0.15, 0.2) is 0 Å². The minimum absolute atomic E-state index is 0.00380. The van der Waals surface area contributed by atoms with E-state index >= 15 is 0 Å². The molecule has 0 aromatic rings. The van der Waals surface area contributed by atoms with E-state index in [0.717, 1.165) is 19.3 Å². The summed E-state index contributed by atoms with van der Waals surface area (Å²) in [7, 11) is 0. The molecule has 3 unspecified atom stereocenters. The summed E-state index contributed by atoms with van der Waals surface area (Å²) in [6, 6.07) is -0.136. The summed E-state index contributed by atoms with van der Waals surface area (Å²) in [5.74, 6) is 0.301. The van der Waals surface area contributed by atoms with Gasteiger partial charge in [-0.25, -0.2) is 0 Å². The third kappa shape index (κ3) is 2.10. The van der Waals surface area contributed by atoms with Gasteiger partial charge in [0.15, 0.2) is 0 Å². The number of nitrogens with zero attached hydrogens (tertiary/aromatic N) is 1. The molecule has 1 aliphatic heterocycles. The van der Waals surface area contributed by atoms with E-state index in [0.29, 0.717) is 6.42 Å². The Balaban J connectivity index is 2.22. The zero-order valence-corrected chi connectivity index (χ0v) is 10.6. The number of piperidine rings is 1. The summed E-state index contributed by atoms with van der Waals surface area (Å²) in [6.07, 6.45) is 2.96. The monoisotopic (exact) mass is 239 g/mol. The number of rotatable bonds is 4. The average Bonchev–Trinajstić information content (AvgIpc) is 2.72. The van der Waals surface area contributed by atoms with E-state index in [-0.39, 0.29) is 42.2 Å². The molecule has 17 heavy (non-hydrogen) atoms. The first-order valence-electron chi connectivity index (χ1n) is 6.54. The smallest absolute Gasteiger partial charge is 0.232 e.